The van der Waals surface area contributed by atoms with Crippen molar-refractivity contribution in [3.8, 4) is 0 Å². The predicted molar refractivity (Wildman–Crippen MR) is 82.5 cm³/mol. The molecule has 0 heterocycles. The van der Waals surface area contributed by atoms with Gasteiger partial charge in [-0.3, -0.25) is 4.79 Å². The van der Waals surface area contributed by atoms with Gasteiger partial charge < -0.3 is 15.9 Å². The number of carboxylic acid groups (broad SMARTS) is 1. The molecule has 0 bridgehead atoms. The molecule has 0 spiro atoms. The molecule has 1 aliphatic carbocycles. The lowest BCUT2D eigenvalue weighted by molar-refractivity contribution is -0.152. The lowest BCUT2D eigenvalue weighted by Gasteiger charge is -2.43. The number of rotatable bonds is 2. The fourth-order valence-electron chi connectivity index (χ4n) is 3.06. The number of carbonyl (C=O) groups is 1. The molecule has 1 aliphatic rings. The van der Waals surface area contributed by atoms with Gasteiger partial charge in [0.15, 0.2) is 0 Å². The van der Waals surface area contributed by atoms with E-state index in [-0.39, 0.29) is 11.5 Å². The third-order valence-corrected chi connectivity index (χ3v) is 3.77. The number of aliphatic hydroxyl groups excluding tert-OH is 1. The first-order valence-corrected chi connectivity index (χ1v) is 7.41. The molecule has 1 rings (SSSR count). The van der Waals surface area contributed by atoms with E-state index in [9.17, 15) is 4.79 Å². The predicted octanol–water partition coefficient (Wildman–Crippen LogP) is 3.03. The number of hydrogen-bond acceptors (Lipinski definition) is 3. The van der Waals surface area contributed by atoms with Gasteiger partial charge in [-0.15, -0.1) is 0 Å². The summed E-state index contributed by atoms with van der Waals surface area (Å²) < 4.78 is 0. The van der Waals surface area contributed by atoms with Crippen molar-refractivity contribution in [1.29, 1.82) is 0 Å². The van der Waals surface area contributed by atoms with Gasteiger partial charge in [-0.2, -0.15) is 0 Å². The molecular weight excluding hydrogens is 254 g/mol. The van der Waals surface area contributed by atoms with E-state index in [4.69, 9.17) is 15.9 Å². The van der Waals surface area contributed by atoms with Crippen LogP contribution in [0.1, 0.15) is 67.2 Å². The Labute approximate surface area is 123 Å². The van der Waals surface area contributed by atoms with E-state index in [0.29, 0.717) is 18.4 Å². The lowest BCUT2D eigenvalue weighted by Crippen LogP contribution is -2.45. The number of carboxylic acids is 1. The average Bonchev–Trinajstić information content (AvgIpc) is 2.11. The maximum Gasteiger partial charge on any atom is 0.309 e. The minimum absolute atomic E-state index is 0.0323. The van der Waals surface area contributed by atoms with E-state index in [1.807, 2.05) is 0 Å². The van der Waals surface area contributed by atoms with Crippen LogP contribution in [0.4, 0.5) is 0 Å². The van der Waals surface area contributed by atoms with Crippen molar-refractivity contribution in [2.24, 2.45) is 22.0 Å². The summed E-state index contributed by atoms with van der Waals surface area (Å²) in [4.78, 5) is 11.1. The molecule has 0 amide bonds. The van der Waals surface area contributed by atoms with Crippen LogP contribution in [0, 0.1) is 16.2 Å². The molecule has 2 atom stereocenters. The quantitative estimate of drug-likeness (QED) is 0.729. The Balaban J connectivity index is 0.000000441. The topological polar surface area (TPSA) is 83.5 Å². The van der Waals surface area contributed by atoms with Crippen LogP contribution in [-0.4, -0.2) is 28.8 Å². The van der Waals surface area contributed by atoms with Crippen molar-refractivity contribution in [2.45, 2.75) is 73.3 Å². The van der Waals surface area contributed by atoms with E-state index >= 15 is 0 Å². The molecule has 2 unspecified atom stereocenters. The van der Waals surface area contributed by atoms with Crippen molar-refractivity contribution in [3.05, 3.63) is 0 Å². The van der Waals surface area contributed by atoms with Gasteiger partial charge in [-0.05, 0) is 43.4 Å². The van der Waals surface area contributed by atoms with Crippen LogP contribution in [0.5, 0.6) is 0 Å². The number of aliphatic hydroxyl groups is 1. The van der Waals surface area contributed by atoms with Crippen LogP contribution in [0.3, 0.4) is 0 Å². The van der Waals surface area contributed by atoms with Gasteiger partial charge in [0.05, 0.1) is 5.41 Å². The molecule has 0 aliphatic heterocycles. The third kappa shape index (κ3) is 7.25. The fraction of sp³-hybridized carbons (Fsp3) is 0.938. The summed E-state index contributed by atoms with van der Waals surface area (Å²) in [5, 5.41) is 17.5. The molecule has 0 saturated heterocycles. The number of aliphatic carboxylic acids is 1. The summed E-state index contributed by atoms with van der Waals surface area (Å²) in [5.41, 5.74) is 5.60. The zero-order chi connectivity index (χ0) is 16.2. The zero-order valence-electron chi connectivity index (χ0n) is 14.0. The van der Waals surface area contributed by atoms with E-state index in [2.05, 4.69) is 34.6 Å². The second-order valence-electron chi connectivity index (χ2n) is 8.41. The van der Waals surface area contributed by atoms with Gasteiger partial charge in [0.1, 0.15) is 0 Å². The smallest absolute Gasteiger partial charge is 0.309 e. The van der Waals surface area contributed by atoms with Gasteiger partial charge in [-0.25, -0.2) is 0 Å². The molecule has 0 aromatic carbocycles. The maximum atomic E-state index is 11.1. The molecule has 20 heavy (non-hydrogen) atoms. The summed E-state index contributed by atoms with van der Waals surface area (Å²) in [6.45, 7) is 12.6. The molecule has 4 heteroatoms. The van der Waals surface area contributed by atoms with Crippen molar-refractivity contribution >= 4 is 5.97 Å². The van der Waals surface area contributed by atoms with E-state index < -0.39 is 11.4 Å². The van der Waals surface area contributed by atoms with Crippen LogP contribution in [-0.2, 0) is 4.79 Å². The molecule has 1 saturated carbocycles. The van der Waals surface area contributed by atoms with Gasteiger partial charge >= 0.3 is 5.97 Å². The number of nitrogens with two attached hydrogens (primary N) is 1. The highest BCUT2D eigenvalue weighted by atomic mass is 16.4. The van der Waals surface area contributed by atoms with Crippen molar-refractivity contribution in [2.75, 3.05) is 6.61 Å². The highest BCUT2D eigenvalue weighted by Crippen LogP contribution is 2.45. The lowest BCUT2D eigenvalue weighted by atomic mass is 9.63. The average molecular weight is 287 g/mol. The van der Waals surface area contributed by atoms with Gasteiger partial charge in [0.25, 0.3) is 0 Å². The standard InChI is InChI=1S/C10H19NO2.C6H14O/c1-9(2)4-7(11)5-10(3,6-9)8(12)13;1-6(2,3)4-5-7/h7H,4-6,11H2,1-3H3,(H,12,13);7H,4-5H2,1-3H3. The first kappa shape index (κ1) is 19.4. The molecule has 4 N–H and O–H groups in total. The second-order valence-corrected chi connectivity index (χ2v) is 8.41. The summed E-state index contributed by atoms with van der Waals surface area (Å²) >= 11 is 0. The maximum absolute atomic E-state index is 11.1. The molecule has 4 nitrogen and oxygen atoms in total. The summed E-state index contributed by atoms with van der Waals surface area (Å²) in [6, 6.07) is 0.0323. The Morgan fingerprint density at radius 2 is 1.75 bits per heavy atom. The van der Waals surface area contributed by atoms with E-state index in [0.717, 1.165) is 19.3 Å². The SMILES string of the molecule is CC(C)(C)CCO.CC1(C)CC(N)CC(C)(C(=O)O)C1. The van der Waals surface area contributed by atoms with Gasteiger partial charge in [0, 0.05) is 12.6 Å². The van der Waals surface area contributed by atoms with Crippen LogP contribution in [0.15, 0.2) is 0 Å². The van der Waals surface area contributed by atoms with E-state index in [1.54, 1.807) is 6.92 Å². The molecule has 0 aromatic rings. The van der Waals surface area contributed by atoms with Crippen LogP contribution in [0.2, 0.25) is 0 Å². The number of hydrogen-bond donors (Lipinski definition) is 3. The molecule has 120 valence electrons. The summed E-state index contributed by atoms with van der Waals surface area (Å²) in [5.74, 6) is -0.712. The van der Waals surface area contributed by atoms with E-state index in [1.165, 1.54) is 0 Å². The van der Waals surface area contributed by atoms with Crippen LogP contribution >= 0.6 is 0 Å². The molecule has 0 radical (unpaired) electrons. The Morgan fingerprint density at radius 3 is 2.00 bits per heavy atom. The first-order valence-electron chi connectivity index (χ1n) is 7.41. The highest BCUT2D eigenvalue weighted by Gasteiger charge is 2.44. The Hall–Kier alpha value is -0.610. The first-order chi connectivity index (χ1) is 8.81. The highest BCUT2D eigenvalue weighted by molar-refractivity contribution is 5.74. The zero-order valence-corrected chi connectivity index (χ0v) is 14.0. The largest absolute Gasteiger partial charge is 0.481 e. The summed E-state index contributed by atoms with van der Waals surface area (Å²) in [6.07, 6.45) is 3.15. The third-order valence-electron chi connectivity index (χ3n) is 3.77. The molecule has 1 fully saturated rings. The van der Waals surface area contributed by atoms with Crippen molar-refractivity contribution in [1.82, 2.24) is 0 Å². The Morgan fingerprint density at radius 1 is 1.25 bits per heavy atom. The van der Waals surface area contributed by atoms with Crippen molar-refractivity contribution in [3.63, 3.8) is 0 Å². The van der Waals surface area contributed by atoms with Gasteiger partial charge in [-0.1, -0.05) is 34.6 Å². The molecule has 0 aromatic heterocycles. The van der Waals surface area contributed by atoms with Crippen LogP contribution in [0.25, 0.3) is 0 Å². The minimum atomic E-state index is -0.712. The monoisotopic (exact) mass is 287 g/mol. The summed E-state index contributed by atoms with van der Waals surface area (Å²) in [7, 11) is 0. The van der Waals surface area contributed by atoms with Gasteiger partial charge in [0.2, 0.25) is 0 Å². The Kier molecular flexibility index (Phi) is 6.69. The Bertz CT molecular complexity index is 320. The van der Waals surface area contributed by atoms with Crippen LogP contribution < -0.4 is 5.73 Å². The molecular formula is C16H33NO3. The minimum Gasteiger partial charge on any atom is -0.481 e. The van der Waals surface area contributed by atoms with Crippen molar-refractivity contribution < 1.29 is 15.0 Å². The second kappa shape index (κ2) is 6.90. The normalized spacial score (nSPS) is 29.3. The fourth-order valence-corrected chi connectivity index (χ4v) is 3.06.